The monoisotopic (exact) mass is 373 g/mol. The molecule has 1 aliphatic heterocycles. The van der Waals surface area contributed by atoms with Crippen molar-refractivity contribution >= 4 is 34.4 Å². The van der Waals surface area contributed by atoms with Crippen molar-refractivity contribution in [3.8, 4) is 9.88 Å². The highest BCUT2D eigenvalue weighted by molar-refractivity contribution is 7.20. The molecule has 1 N–H and O–H groups in total. The van der Waals surface area contributed by atoms with Crippen LogP contribution in [0, 0.1) is 0 Å². The first-order chi connectivity index (χ1) is 12.2. The van der Waals surface area contributed by atoms with Gasteiger partial charge >= 0.3 is 0 Å². The summed E-state index contributed by atoms with van der Waals surface area (Å²) in [5.41, 5.74) is 1.02. The molecule has 0 spiro atoms. The first-order valence-electron chi connectivity index (χ1n) is 8.14. The lowest BCUT2D eigenvalue weighted by atomic mass is 10.3. The standard InChI is InChI=1S/C17H19N5OS2/c1-21(9-12-11-25-16(19-12)14-3-2-8-24-14)17-18-6-4-15(20-17)22-7-5-13(23)10-22/h2-4,6,8,11,13,23H,5,7,9-10H2,1H3. The van der Waals surface area contributed by atoms with Gasteiger partial charge in [0.25, 0.3) is 0 Å². The molecule has 8 heteroatoms. The fourth-order valence-electron chi connectivity index (χ4n) is 2.86. The van der Waals surface area contributed by atoms with Gasteiger partial charge in [-0.15, -0.1) is 22.7 Å². The lowest BCUT2D eigenvalue weighted by molar-refractivity contribution is 0.198. The Labute approximate surface area is 154 Å². The molecule has 1 atom stereocenters. The Morgan fingerprint density at radius 2 is 2.24 bits per heavy atom. The Morgan fingerprint density at radius 1 is 1.32 bits per heavy atom. The number of aliphatic hydroxyl groups is 1. The van der Waals surface area contributed by atoms with Gasteiger partial charge in [0.1, 0.15) is 10.8 Å². The van der Waals surface area contributed by atoms with Gasteiger partial charge in [-0.05, 0) is 23.9 Å². The predicted octanol–water partition coefficient (Wildman–Crippen LogP) is 2.87. The number of anilines is 2. The Hall–Kier alpha value is -2.03. The van der Waals surface area contributed by atoms with Crippen molar-refractivity contribution in [3.63, 3.8) is 0 Å². The van der Waals surface area contributed by atoms with Gasteiger partial charge in [0.2, 0.25) is 5.95 Å². The summed E-state index contributed by atoms with van der Waals surface area (Å²) < 4.78 is 0. The molecule has 4 rings (SSSR count). The number of hydrogen-bond donors (Lipinski definition) is 1. The van der Waals surface area contributed by atoms with Crippen LogP contribution in [-0.2, 0) is 6.54 Å². The zero-order chi connectivity index (χ0) is 17.2. The largest absolute Gasteiger partial charge is 0.391 e. The van der Waals surface area contributed by atoms with Gasteiger partial charge in [0.05, 0.1) is 23.2 Å². The van der Waals surface area contributed by atoms with Crippen LogP contribution in [0.3, 0.4) is 0 Å². The zero-order valence-corrected chi connectivity index (χ0v) is 15.5. The number of aliphatic hydroxyl groups excluding tert-OH is 1. The highest BCUT2D eigenvalue weighted by Gasteiger charge is 2.22. The molecule has 3 aromatic rings. The molecule has 6 nitrogen and oxygen atoms in total. The fourth-order valence-corrected chi connectivity index (χ4v) is 4.48. The molecule has 4 heterocycles. The van der Waals surface area contributed by atoms with E-state index in [9.17, 15) is 5.11 Å². The number of rotatable bonds is 5. The number of hydrogen-bond acceptors (Lipinski definition) is 8. The summed E-state index contributed by atoms with van der Waals surface area (Å²) in [6, 6.07) is 6.03. The van der Waals surface area contributed by atoms with E-state index in [1.807, 2.05) is 24.1 Å². The van der Waals surface area contributed by atoms with E-state index >= 15 is 0 Å². The smallest absolute Gasteiger partial charge is 0.227 e. The van der Waals surface area contributed by atoms with Gasteiger partial charge < -0.3 is 14.9 Å². The van der Waals surface area contributed by atoms with Crippen LogP contribution in [0.1, 0.15) is 12.1 Å². The van der Waals surface area contributed by atoms with Crippen LogP contribution in [0.25, 0.3) is 9.88 Å². The number of β-amino-alcohol motifs (C(OH)–C–C–N with tert-alkyl or cyclic N) is 1. The third kappa shape index (κ3) is 3.65. The van der Waals surface area contributed by atoms with Crippen molar-refractivity contribution in [2.24, 2.45) is 0 Å². The second-order valence-corrected chi connectivity index (χ2v) is 7.89. The summed E-state index contributed by atoms with van der Waals surface area (Å²) in [4.78, 5) is 19.1. The number of aromatic nitrogens is 3. The van der Waals surface area contributed by atoms with E-state index in [0.717, 1.165) is 29.5 Å². The molecule has 25 heavy (non-hydrogen) atoms. The molecule has 1 unspecified atom stereocenters. The van der Waals surface area contributed by atoms with Gasteiger partial charge in [-0.1, -0.05) is 6.07 Å². The lowest BCUT2D eigenvalue weighted by Crippen LogP contribution is -2.24. The Kier molecular flexibility index (Phi) is 4.65. The van der Waals surface area contributed by atoms with E-state index in [1.165, 1.54) is 4.88 Å². The maximum Gasteiger partial charge on any atom is 0.227 e. The molecule has 0 aliphatic carbocycles. The van der Waals surface area contributed by atoms with Crippen molar-refractivity contribution in [3.05, 3.63) is 40.8 Å². The first-order valence-corrected chi connectivity index (χ1v) is 9.90. The second kappa shape index (κ2) is 7.07. The van der Waals surface area contributed by atoms with Gasteiger partial charge in [-0.25, -0.2) is 9.97 Å². The molecule has 1 saturated heterocycles. The van der Waals surface area contributed by atoms with E-state index in [0.29, 0.717) is 19.0 Å². The maximum atomic E-state index is 9.71. The topological polar surface area (TPSA) is 65.4 Å². The number of nitrogens with zero attached hydrogens (tertiary/aromatic N) is 5. The maximum absolute atomic E-state index is 9.71. The zero-order valence-electron chi connectivity index (χ0n) is 13.9. The predicted molar refractivity (Wildman–Crippen MR) is 102 cm³/mol. The van der Waals surface area contributed by atoms with Crippen LogP contribution in [0.4, 0.5) is 11.8 Å². The molecule has 130 valence electrons. The minimum absolute atomic E-state index is 0.262. The van der Waals surface area contributed by atoms with Crippen LogP contribution in [0.15, 0.2) is 35.2 Å². The van der Waals surface area contributed by atoms with Gasteiger partial charge in [-0.3, -0.25) is 0 Å². The molecule has 3 aromatic heterocycles. The molecular formula is C17H19N5OS2. The highest BCUT2D eigenvalue weighted by atomic mass is 32.1. The minimum atomic E-state index is -0.262. The summed E-state index contributed by atoms with van der Waals surface area (Å²) in [6.45, 7) is 2.13. The molecule has 0 aromatic carbocycles. The van der Waals surface area contributed by atoms with Gasteiger partial charge in [-0.2, -0.15) is 4.98 Å². The third-order valence-corrected chi connectivity index (χ3v) is 6.07. The van der Waals surface area contributed by atoms with Crippen molar-refractivity contribution < 1.29 is 5.11 Å². The van der Waals surface area contributed by atoms with Crippen LogP contribution >= 0.6 is 22.7 Å². The SMILES string of the molecule is CN(Cc1csc(-c2cccs2)n1)c1nccc(N2CCC(O)C2)n1. The normalized spacial score (nSPS) is 17.2. The average molecular weight is 374 g/mol. The van der Waals surface area contributed by atoms with Crippen LogP contribution in [0.5, 0.6) is 0 Å². The lowest BCUT2D eigenvalue weighted by Gasteiger charge is -2.20. The van der Waals surface area contributed by atoms with Gasteiger partial charge in [0.15, 0.2) is 0 Å². The summed E-state index contributed by atoms with van der Waals surface area (Å²) in [7, 11) is 1.97. The summed E-state index contributed by atoms with van der Waals surface area (Å²) in [5.74, 6) is 1.54. The Balaban J connectivity index is 1.47. The molecule has 0 radical (unpaired) electrons. The summed E-state index contributed by atoms with van der Waals surface area (Å²) >= 11 is 3.37. The molecule has 0 saturated carbocycles. The summed E-state index contributed by atoms with van der Waals surface area (Å²) in [5, 5.41) is 14.9. The molecule has 1 aliphatic rings. The Bertz CT molecular complexity index is 835. The number of thiophene rings is 1. The van der Waals surface area contributed by atoms with E-state index in [2.05, 4.69) is 31.7 Å². The van der Waals surface area contributed by atoms with Crippen LogP contribution in [0.2, 0.25) is 0 Å². The van der Waals surface area contributed by atoms with Crippen molar-refractivity contribution in [2.45, 2.75) is 19.1 Å². The number of thiazole rings is 1. The molecule has 0 amide bonds. The van der Waals surface area contributed by atoms with E-state index in [-0.39, 0.29) is 6.10 Å². The van der Waals surface area contributed by atoms with Crippen LogP contribution in [-0.4, -0.2) is 46.3 Å². The second-order valence-electron chi connectivity index (χ2n) is 6.08. The van der Waals surface area contributed by atoms with E-state index in [4.69, 9.17) is 4.98 Å². The third-order valence-electron chi connectivity index (χ3n) is 4.14. The average Bonchev–Trinajstić information content (AvgIpc) is 3.36. The summed E-state index contributed by atoms with van der Waals surface area (Å²) in [6.07, 6.45) is 2.30. The molecule has 1 fully saturated rings. The van der Waals surface area contributed by atoms with Gasteiger partial charge in [0, 0.05) is 31.7 Å². The first kappa shape index (κ1) is 16.4. The van der Waals surface area contributed by atoms with Crippen LogP contribution < -0.4 is 9.80 Å². The van der Waals surface area contributed by atoms with E-state index in [1.54, 1.807) is 28.9 Å². The highest BCUT2D eigenvalue weighted by Crippen LogP contribution is 2.28. The van der Waals surface area contributed by atoms with Crippen molar-refractivity contribution in [1.29, 1.82) is 0 Å². The van der Waals surface area contributed by atoms with E-state index < -0.39 is 0 Å². The molecule has 0 bridgehead atoms. The fraction of sp³-hybridized carbons (Fsp3) is 0.353. The van der Waals surface area contributed by atoms with Crippen molar-refractivity contribution in [2.75, 3.05) is 29.9 Å². The quantitative estimate of drug-likeness (QED) is 0.742. The molecular weight excluding hydrogens is 354 g/mol. The minimum Gasteiger partial charge on any atom is -0.391 e. The van der Waals surface area contributed by atoms with Crippen molar-refractivity contribution in [1.82, 2.24) is 15.0 Å². The Morgan fingerprint density at radius 3 is 3.00 bits per heavy atom.